The van der Waals surface area contributed by atoms with Gasteiger partial charge in [-0.25, -0.2) is 0 Å². The molecule has 0 bridgehead atoms. The van der Waals surface area contributed by atoms with Gasteiger partial charge in [0.25, 0.3) is 0 Å². The van der Waals surface area contributed by atoms with Crippen molar-refractivity contribution in [3.8, 4) is 11.3 Å². The Morgan fingerprint density at radius 3 is 2.55 bits per heavy atom. The van der Waals surface area contributed by atoms with Crippen LogP contribution < -0.4 is 0 Å². The third kappa shape index (κ3) is 3.45. The van der Waals surface area contributed by atoms with E-state index in [0.717, 1.165) is 12.1 Å². The second-order valence-electron chi connectivity index (χ2n) is 4.26. The zero-order valence-electron chi connectivity index (χ0n) is 11.6. The number of benzene rings is 1. The summed E-state index contributed by atoms with van der Waals surface area (Å²) >= 11 is 0. The summed E-state index contributed by atoms with van der Waals surface area (Å²) in [4.78, 5) is 4.83. The zero-order valence-corrected chi connectivity index (χ0v) is 11.6. The quantitative estimate of drug-likeness (QED) is 0.679. The van der Waals surface area contributed by atoms with Crippen LogP contribution in [0.15, 0.2) is 33.9 Å². The second kappa shape index (κ2) is 6.61. The van der Waals surface area contributed by atoms with Gasteiger partial charge in [-0.1, -0.05) is 22.4 Å². The fourth-order valence-electron chi connectivity index (χ4n) is 1.76. The molecule has 5 nitrogen and oxygen atoms in total. The van der Waals surface area contributed by atoms with Crippen LogP contribution in [0, 0.1) is 0 Å². The Morgan fingerprint density at radius 1 is 1.32 bits per heavy atom. The smallest absolute Gasteiger partial charge is 0.396 e. The van der Waals surface area contributed by atoms with Gasteiger partial charge in [-0.2, -0.15) is 13.2 Å². The molecular formula is C14H13F3N2O3. The number of alkyl halides is 3. The monoisotopic (exact) mass is 314 g/mol. The molecule has 0 atom stereocenters. The standard InChI is InChI=1S/C14H13F3N2O3/c1-2-21-18-7-11-12(8-20)19-22-13(11)9-3-5-10(6-4-9)14(15,16)17/h3-7,20H,2,8H2,1H3. The first-order valence-electron chi connectivity index (χ1n) is 6.39. The second-order valence-corrected chi connectivity index (χ2v) is 4.26. The van der Waals surface area contributed by atoms with Gasteiger partial charge in [-0.3, -0.25) is 0 Å². The van der Waals surface area contributed by atoms with Crippen LogP contribution in [0.3, 0.4) is 0 Å². The number of aliphatic hydroxyl groups is 1. The average molecular weight is 314 g/mol. The lowest BCUT2D eigenvalue weighted by Crippen LogP contribution is -2.04. The molecule has 0 unspecified atom stereocenters. The summed E-state index contributed by atoms with van der Waals surface area (Å²) in [6.07, 6.45) is -3.10. The molecule has 8 heteroatoms. The molecule has 0 spiro atoms. The molecule has 0 saturated heterocycles. The van der Waals surface area contributed by atoms with Crippen molar-refractivity contribution in [2.75, 3.05) is 6.61 Å². The van der Waals surface area contributed by atoms with Gasteiger partial charge in [0.05, 0.1) is 23.9 Å². The third-order valence-corrected chi connectivity index (χ3v) is 2.81. The molecule has 1 aromatic carbocycles. The van der Waals surface area contributed by atoms with Crippen LogP contribution in [-0.2, 0) is 17.6 Å². The molecule has 2 rings (SSSR count). The number of aliphatic hydroxyl groups excluding tert-OH is 1. The van der Waals surface area contributed by atoms with Crippen molar-refractivity contribution in [2.45, 2.75) is 19.7 Å². The summed E-state index contributed by atoms with van der Waals surface area (Å²) in [5.74, 6) is 0.209. The predicted molar refractivity (Wildman–Crippen MR) is 72.1 cm³/mol. The van der Waals surface area contributed by atoms with Crippen LogP contribution >= 0.6 is 0 Å². The van der Waals surface area contributed by atoms with Crippen LogP contribution in [0.5, 0.6) is 0 Å². The molecule has 0 fully saturated rings. The Bertz CT molecular complexity index is 648. The Kier molecular flexibility index (Phi) is 4.81. The summed E-state index contributed by atoms with van der Waals surface area (Å²) in [5.41, 5.74) is 0.204. The SMILES string of the molecule is CCON=Cc1c(CO)noc1-c1ccc(C(F)(F)F)cc1. The van der Waals surface area contributed by atoms with Gasteiger partial charge in [0.15, 0.2) is 5.76 Å². The summed E-state index contributed by atoms with van der Waals surface area (Å²) in [6, 6.07) is 4.42. The first-order valence-corrected chi connectivity index (χ1v) is 6.39. The van der Waals surface area contributed by atoms with E-state index in [1.165, 1.54) is 18.3 Å². The van der Waals surface area contributed by atoms with Crippen molar-refractivity contribution >= 4 is 6.21 Å². The van der Waals surface area contributed by atoms with Crippen molar-refractivity contribution in [3.05, 3.63) is 41.1 Å². The van der Waals surface area contributed by atoms with Crippen molar-refractivity contribution in [1.29, 1.82) is 0 Å². The number of nitrogens with zero attached hydrogens (tertiary/aromatic N) is 2. The lowest BCUT2D eigenvalue weighted by Gasteiger charge is -2.06. The topological polar surface area (TPSA) is 67.8 Å². The molecule has 0 amide bonds. The number of halogens is 3. The lowest BCUT2D eigenvalue weighted by molar-refractivity contribution is -0.137. The third-order valence-electron chi connectivity index (χ3n) is 2.81. The van der Waals surface area contributed by atoms with Gasteiger partial charge >= 0.3 is 6.18 Å². The molecule has 1 heterocycles. The van der Waals surface area contributed by atoms with Gasteiger partial charge in [-0.15, -0.1) is 0 Å². The van der Waals surface area contributed by atoms with E-state index in [9.17, 15) is 18.3 Å². The minimum Gasteiger partial charge on any atom is -0.396 e. The molecule has 0 aliphatic carbocycles. The van der Waals surface area contributed by atoms with Crippen molar-refractivity contribution in [1.82, 2.24) is 5.16 Å². The summed E-state index contributed by atoms with van der Waals surface area (Å²) in [6.45, 7) is 1.71. The van der Waals surface area contributed by atoms with E-state index < -0.39 is 18.3 Å². The molecule has 0 saturated carbocycles. The molecule has 1 N–H and O–H groups in total. The van der Waals surface area contributed by atoms with Gasteiger partial charge in [0.2, 0.25) is 0 Å². The van der Waals surface area contributed by atoms with E-state index in [-0.39, 0.29) is 11.5 Å². The van der Waals surface area contributed by atoms with E-state index >= 15 is 0 Å². The maximum Gasteiger partial charge on any atom is 0.416 e. The molecule has 118 valence electrons. The summed E-state index contributed by atoms with van der Waals surface area (Å²) in [7, 11) is 0. The van der Waals surface area contributed by atoms with Gasteiger partial charge in [0.1, 0.15) is 12.3 Å². The highest BCUT2D eigenvalue weighted by molar-refractivity contribution is 5.89. The largest absolute Gasteiger partial charge is 0.416 e. The number of rotatable bonds is 5. The minimum atomic E-state index is -4.41. The van der Waals surface area contributed by atoms with Gasteiger partial charge in [0, 0.05) is 5.56 Å². The molecule has 1 aromatic heterocycles. The average Bonchev–Trinajstić information content (AvgIpc) is 2.90. The molecule has 0 aliphatic heterocycles. The van der Waals surface area contributed by atoms with E-state index in [1.807, 2.05) is 0 Å². The van der Waals surface area contributed by atoms with Crippen LogP contribution in [-0.4, -0.2) is 23.1 Å². The normalized spacial score (nSPS) is 12.0. The fourth-order valence-corrected chi connectivity index (χ4v) is 1.76. The van der Waals surface area contributed by atoms with Crippen LogP contribution in [0.4, 0.5) is 13.2 Å². The molecule has 2 aromatic rings. The molecule has 0 radical (unpaired) electrons. The molecule has 0 aliphatic rings. The van der Waals surface area contributed by atoms with E-state index in [4.69, 9.17) is 9.36 Å². The van der Waals surface area contributed by atoms with E-state index in [0.29, 0.717) is 17.7 Å². The molecular weight excluding hydrogens is 301 g/mol. The number of hydrogen-bond acceptors (Lipinski definition) is 5. The predicted octanol–water partition coefficient (Wildman–Crippen LogP) is 3.22. The fraction of sp³-hybridized carbons (Fsp3) is 0.286. The number of hydrogen-bond donors (Lipinski definition) is 1. The first-order chi connectivity index (χ1) is 10.5. The van der Waals surface area contributed by atoms with E-state index in [2.05, 4.69) is 10.3 Å². The minimum absolute atomic E-state index is 0.209. The maximum atomic E-state index is 12.6. The highest BCUT2D eigenvalue weighted by Crippen LogP contribution is 2.32. The lowest BCUT2D eigenvalue weighted by atomic mass is 10.1. The zero-order chi connectivity index (χ0) is 16.2. The summed E-state index contributed by atoms with van der Waals surface area (Å²) < 4.78 is 42.8. The highest BCUT2D eigenvalue weighted by Gasteiger charge is 2.30. The number of aromatic nitrogens is 1. The highest BCUT2D eigenvalue weighted by atomic mass is 19.4. The van der Waals surface area contributed by atoms with Crippen LogP contribution in [0.25, 0.3) is 11.3 Å². The van der Waals surface area contributed by atoms with E-state index in [1.54, 1.807) is 6.92 Å². The number of oxime groups is 1. The van der Waals surface area contributed by atoms with Crippen LogP contribution in [0.1, 0.15) is 23.7 Å². The van der Waals surface area contributed by atoms with Gasteiger partial charge < -0.3 is 14.5 Å². The maximum absolute atomic E-state index is 12.6. The van der Waals surface area contributed by atoms with Gasteiger partial charge in [-0.05, 0) is 19.1 Å². The Labute approximate surface area is 124 Å². The van der Waals surface area contributed by atoms with Crippen molar-refractivity contribution in [3.63, 3.8) is 0 Å². The van der Waals surface area contributed by atoms with Crippen molar-refractivity contribution in [2.24, 2.45) is 5.16 Å². The van der Waals surface area contributed by atoms with Crippen LogP contribution in [0.2, 0.25) is 0 Å². The Balaban J connectivity index is 2.38. The Hall–Kier alpha value is -2.35. The van der Waals surface area contributed by atoms with Crippen molar-refractivity contribution < 1.29 is 27.6 Å². The Morgan fingerprint density at radius 2 is 2.00 bits per heavy atom. The summed E-state index contributed by atoms with van der Waals surface area (Å²) in [5, 5.41) is 16.5. The first kappa shape index (κ1) is 16.0. The molecule has 22 heavy (non-hydrogen) atoms.